The molecule has 0 heterocycles. The van der Waals surface area contributed by atoms with E-state index in [4.69, 9.17) is 11.6 Å². The van der Waals surface area contributed by atoms with Crippen LogP contribution in [0.15, 0.2) is 18.2 Å². The molecule has 0 fully saturated rings. The zero-order valence-corrected chi connectivity index (χ0v) is 6.54. The second-order valence-corrected chi connectivity index (χ2v) is 2.43. The summed E-state index contributed by atoms with van der Waals surface area (Å²) in [5, 5.41) is 20.5. The van der Waals surface area contributed by atoms with Crippen molar-refractivity contribution < 1.29 is 4.92 Å². The van der Waals surface area contributed by atoms with Crippen LogP contribution < -0.4 is 5.48 Å². The topological polar surface area (TPSA) is 78.2 Å². The Kier molecular flexibility index (Phi) is 2.47. The number of non-ortho nitro benzene ring substituents is 1. The van der Waals surface area contributed by atoms with Crippen LogP contribution in [0.3, 0.4) is 0 Å². The molecule has 0 aliphatic carbocycles. The largest absolute Gasteiger partial charge is 0.761 e. The van der Waals surface area contributed by atoms with Crippen LogP contribution in [0.5, 0.6) is 0 Å². The van der Waals surface area contributed by atoms with Crippen molar-refractivity contribution in [3.63, 3.8) is 0 Å². The summed E-state index contributed by atoms with van der Waals surface area (Å²) in [5.74, 6) is 0. The SMILES string of the molecule is O=[N+]([O-])c1ccc(Cl)c(N[O-])c1. The molecule has 0 amide bonds. The summed E-state index contributed by atoms with van der Waals surface area (Å²) < 4.78 is 0. The molecular weight excluding hydrogens is 184 g/mol. The highest BCUT2D eigenvalue weighted by Crippen LogP contribution is 2.25. The van der Waals surface area contributed by atoms with Gasteiger partial charge in [-0.15, -0.1) is 0 Å². The van der Waals surface area contributed by atoms with Gasteiger partial charge in [0.05, 0.1) is 9.95 Å². The van der Waals surface area contributed by atoms with Crippen LogP contribution >= 0.6 is 11.6 Å². The second-order valence-electron chi connectivity index (χ2n) is 2.02. The molecule has 1 rings (SSSR count). The van der Waals surface area contributed by atoms with Crippen LogP contribution in [0, 0.1) is 15.3 Å². The van der Waals surface area contributed by atoms with Gasteiger partial charge in [0.25, 0.3) is 5.69 Å². The number of hydrogen-bond donors (Lipinski definition) is 1. The zero-order chi connectivity index (χ0) is 9.14. The monoisotopic (exact) mass is 187 g/mol. The van der Waals surface area contributed by atoms with Gasteiger partial charge in [-0.3, -0.25) is 10.1 Å². The first-order valence-electron chi connectivity index (χ1n) is 2.97. The molecule has 0 aliphatic heterocycles. The van der Waals surface area contributed by atoms with Crippen molar-refractivity contribution in [1.29, 1.82) is 0 Å². The standard InChI is InChI=1S/C6H4ClN2O3/c7-5-2-1-4(9(11)12)3-6(5)8-10/h1-3,8H/q-1. The molecule has 0 spiro atoms. The van der Waals surface area contributed by atoms with Gasteiger partial charge >= 0.3 is 0 Å². The molecule has 1 aromatic carbocycles. The Labute approximate surface area is 72.7 Å². The fourth-order valence-electron chi connectivity index (χ4n) is 0.705. The van der Waals surface area contributed by atoms with Gasteiger partial charge in [0, 0.05) is 17.8 Å². The molecule has 1 N–H and O–H groups in total. The zero-order valence-electron chi connectivity index (χ0n) is 5.78. The molecule has 0 unspecified atom stereocenters. The number of hydrogen-bond acceptors (Lipinski definition) is 4. The summed E-state index contributed by atoms with van der Waals surface area (Å²) in [6, 6.07) is 3.60. The lowest BCUT2D eigenvalue weighted by atomic mass is 10.3. The van der Waals surface area contributed by atoms with Gasteiger partial charge in [0.1, 0.15) is 0 Å². The maximum atomic E-state index is 10.2. The number of rotatable bonds is 2. The molecule has 0 aromatic heterocycles. The third kappa shape index (κ3) is 1.63. The van der Waals surface area contributed by atoms with Gasteiger partial charge in [-0.2, -0.15) is 0 Å². The Morgan fingerprint density at radius 3 is 2.67 bits per heavy atom. The van der Waals surface area contributed by atoms with E-state index in [9.17, 15) is 15.3 Å². The number of nitro groups is 1. The first-order chi connectivity index (χ1) is 5.65. The van der Waals surface area contributed by atoms with E-state index < -0.39 is 4.92 Å². The highest BCUT2D eigenvalue weighted by atomic mass is 35.5. The van der Waals surface area contributed by atoms with E-state index in [-0.39, 0.29) is 16.4 Å². The van der Waals surface area contributed by atoms with E-state index in [1.54, 1.807) is 0 Å². The van der Waals surface area contributed by atoms with Crippen LogP contribution in [0.2, 0.25) is 5.02 Å². The van der Waals surface area contributed by atoms with E-state index in [1.807, 2.05) is 0 Å². The van der Waals surface area contributed by atoms with Crippen molar-refractivity contribution in [3.05, 3.63) is 38.5 Å². The van der Waals surface area contributed by atoms with Gasteiger partial charge < -0.3 is 10.7 Å². The summed E-state index contributed by atoms with van der Waals surface area (Å²) in [6.07, 6.45) is 0. The molecule has 5 nitrogen and oxygen atoms in total. The molecule has 0 aliphatic rings. The number of nitrogens with zero attached hydrogens (tertiary/aromatic N) is 1. The third-order valence-electron chi connectivity index (χ3n) is 1.27. The minimum Gasteiger partial charge on any atom is -0.761 e. The van der Waals surface area contributed by atoms with E-state index in [0.717, 1.165) is 6.07 Å². The predicted molar refractivity (Wildman–Crippen MR) is 45.1 cm³/mol. The summed E-state index contributed by atoms with van der Waals surface area (Å²) in [5.41, 5.74) is 1.34. The van der Waals surface area contributed by atoms with E-state index in [2.05, 4.69) is 0 Å². The van der Waals surface area contributed by atoms with Crippen LogP contribution in [0.1, 0.15) is 0 Å². The predicted octanol–water partition coefficient (Wildman–Crippen LogP) is 2.16. The number of benzene rings is 1. The molecule has 0 saturated carbocycles. The molecule has 0 radical (unpaired) electrons. The van der Waals surface area contributed by atoms with Gasteiger partial charge in [0.2, 0.25) is 0 Å². The molecule has 0 bridgehead atoms. The second kappa shape index (κ2) is 3.38. The molecule has 6 heteroatoms. The van der Waals surface area contributed by atoms with Crippen molar-refractivity contribution in [3.8, 4) is 0 Å². The highest BCUT2D eigenvalue weighted by molar-refractivity contribution is 6.33. The molecule has 12 heavy (non-hydrogen) atoms. The lowest BCUT2D eigenvalue weighted by Gasteiger charge is -2.09. The minimum atomic E-state index is -0.600. The smallest absolute Gasteiger partial charge is 0.271 e. The number of nitro benzene ring substituents is 1. The highest BCUT2D eigenvalue weighted by Gasteiger charge is 2.06. The number of anilines is 1. The Bertz CT molecular complexity index is 316. The average Bonchev–Trinajstić information content (AvgIpc) is 2.05. The van der Waals surface area contributed by atoms with Crippen molar-refractivity contribution >= 4 is 23.0 Å². The summed E-state index contributed by atoms with van der Waals surface area (Å²) in [6.45, 7) is 0. The maximum absolute atomic E-state index is 10.2. The van der Waals surface area contributed by atoms with Crippen molar-refractivity contribution in [2.45, 2.75) is 0 Å². The fourth-order valence-corrected chi connectivity index (χ4v) is 0.861. The molecular formula is C6H4ClN2O3-. The van der Waals surface area contributed by atoms with Gasteiger partial charge in [0.15, 0.2) is 0 Å². The molecule has 64 valence electrons. The Hall–Kier alpha value is -1.33. The summed E-state index contributed by atoms with van der Waals surface area (Å²) >= 11 is 5.52. The van der Waals surface area contributed by atoms with E-state index in [1.165, 1.54) is 17.6 Å². The van der Waals surface area contributed by atoms with Crippen molar-refractivity contribution in [2.24, 2.45) is 0 Å². The quantitative estimate of drug-likeness (QED) is 0.568. The normalized spacial score (nSPS) is 9.50. The van der Waals surface area contributed by atoms with Gasteiger partial charge in [-0.05, 0) is 6.07 Å². The first kappa shape index (κ1) is 8.76. The summed E-state index contributed by atoms with van der Waals surface area (Å²) in [7, 11) is 0. The molecule has 1 aromatic rings. The molecule has 0 saturated heterocycles. The lowest BCUT2D eigenvalue weighted by Crippen LogP contribution is -1.91. The molecule has 0 atom stereocenters. The van der Waals surface area contributed by atoms with Crippen LogP contribution in [-0.2, 0) is 0 Å². The Morgan fingerprint density at radius 1 is 1.50 bits per heavy atom. The maximum Gasteiger partial charge on any atom is 0.271 e. The third-order valence-corrected chi connectivity index (χ3v) is 1.60. The van der Waals surface area contributed by atoms with Crippen LogP contribution in [0.25, 0.3) is 0 Å². The van der Waals surface area contributed by atoms with Crippen molar-refractivity contribution in [2.75, 3.05) is 5.48 Å². The van der Waals surface area contributed by atoms with Crippen LogP contribution in [-0.4, -0.2) is 4.92 Å². The average molecular weight is 188 g/mol. The number of nitrogens with one attached hydrogen (secondary N) is 1. The Morgan fingerprint density at radius 2 is 2.17 bits per heavy atom. The van der Waals surface area contributed by atoms with Crippen molar-refractivity contribution in [1.82, 2.24) is 0 Å². The first-order valence-corrected chi connectivity index (χ1v) is 3.35. The van der Waals surface area contributed by atoms with E-state index >= 15 is 0 Å². The van der Waals surface area contributed by atoms with Gasteiger partial charge in [-0.25, -0.2) is 0 Å². The Balaban J connectivity index is 3.13. The van der Waals surface area contributed by atoms with Gasteiger partial charge in [-0.1, -0.05) is 11.6 Å². The van der Waals surface area contributed by atoms with E-state index in [0.29, 0.717) is 0 Å². The van der Waals surface area contributed by atoms with Crippen LogP contribution in [0.4, 0.5) is 11.4 Å². The number of halogens is 1. The minimum absolute atomic E-state index is 0.00543. The summed E-state index contributed by atoms with van der Waals surface area (Å²) in [4.78, 5) is 9.61. The lowest BCUT2D eigenvalue weighted by molar-refractivity contribution is -0.384. The fraction of sp³-hybridized carbons (Fsp3) is 0.